The number of carbonyl (C=O) groups excluding carboxylic acids is 1. The minimum Gasteiger partial charge on any atom is -0.485 e. The number of carbonyl (C=O) groups is 1. The summed E-state index contributed by atoms with van der Waals surface area (Å²) in [5.41, 5.74) is 6.18. The topological polar surface area (TPSA) is 97.1 Å². The van der Waals surface area contributed by atoms with Crippen molar-refractivity contribution in [3.05, 3.63) is 76.5 Å². The third-order valence-electron chi connectivity index (χ3n) is 7.29. The molecule has 0 radical (unpaired) electrons. The van der Waals surface area contributed by atoms with Gasteiger partial charge in [0.25, 0.3) is 0 Å². The molecule has 5 rings (SSSR count). The van der Waals surface area contributed by atoms with Crippen molar-refractivity contribution >= 4 is 11.5 Å². The van der Waals surface area contributed by atoms with Crippen molar-refractivity contribution in [3.63, 3.8) is 0 Å². The van der Waals surface area contributed by atoms with Crippen LogP contribution in [-0.2, 0) is 24.3 Å². The van der Waals surface area contributed by atoms with Crippen molar-refractivity contribution in [3.8, 4) is 5.75 Å². The van der Waals surface area contributed by atoms with Gasteiger partial charge in [0.05, 0.1) is 31.1 Å². The number of hydrogen-bond acceptors (Lipinski definition) is 8. The van der Waals surface area contributed by atoms with Crippen molar-refractivity contribution < 1.29 is 23.8 Å². The van der Waals surface area contributed by atoms with Gasteiger partial charge in [-0.1, -0.05) is 18.2 Å². The Morgan fingerprint density at radius 2 is 2.14 bits per heavy atom. The van der Waals surface area contributed by atoms with Crippen LogP contribution in [0.25, 0.3) is 0 Å². The lowest BCUT2D eigenvalue weighted by Gasteiger charge is -2.31. The van der Waals surface area contributed by atoms with Gasteiger partial charge >= 0.3 is 0 Å². The standard InChI is InChI=1S/C29H35N3O5/c1-19-26-10-11-32(13-22(26)6-9-28(19)36-17-29-20(2)30-18-37-29)14-25(33)7-8-27(34)21-4-3-5-23(12-21)31-24-15-35-16-24/h3-6,9,12,18,24-25,31,33H,7-8,10-11,13-17H2,1-2H3/t25-/m0/s1. The summed E-state index contributed by atoms with van der Waals surface area (Å²) < 4.78 is 16.6. The van der Waals surface area contributed by atoms with Gasteiger partial charge in [-0.3, -0.25) is 9.69 Å². The molecule has 3 heterocycles. The Bertz CT molecular complexity index is 1240. The van der Waals surface area contributed by atoms with Gasteiger partial charge in [0, 0.05) is 37.3 Å². The maximum Gasteiger partial charge on any atom is 0.181 e. The minimum atomic E-state index is -0.548. The molecule has 3 aromatic rings. The van der Waals surface area contributed by atoms with E-state index in [1.165, 1.54) is 17.5 Å². The molecule has 2 aliphatic heterocycles. The molecule has 1 fully saturated rings. The predicted octanol–water partition coefficient (Wildman–Crippen LogP) is 4.06. The zero-order valence-electron chi connectivity index (χ0n) is 21.5. The number of ether oxygens (including phenoxy) is 2. The van der Waals surface area contributed by atoms with Crippen molar-refractivity contribution in [2.45, 2.75) is 58.4 Å². The summed E-state index contributed by atoms with van der Waals surface area (Å²) in [6.45, 7) is 7.96. The summed E-state index contributed by atoms with van der Waals surface area (Å²) in [6.07, 6.45) is 2.56. The van der Waals surface area contributed by atoms with Crippen LogP contribution in [-0.4, -0.2) is 59.2 Å². The lowest BCUT2D eigenvalue weighted by Crippen LogP contribution is -2.40. The summed E-state index contributed by atoms with van der Waals surface area (Å²) in [5.74, 6) is 1.66. The van der Waals surface area contributed by atoms with Crippen molar-refractivity contribution in [1.82, 2.24) is 9.88 Å². The highest BCUT2D eigenvalue weighted by Crippen LogP contribution is 2.30. The van der Waals surface area contributed by atoms with Gasteiger partial charge in [-0.25, -0.2) is 4.98 Å². The summed E-state index contributed by atoms with van der Waals surface area (Å²) in [4.78, 5) is 19.1. The molecule has 0 amide bonds. The molecule has 2 aliphatic rings. The van der Waals surface area contributed by atoms with Crippen LogP contribution in [0.2, 0.25) is 0 Å². The van der Waals surface area contributed by atoms with Crippen LogP contribution in [0, 0.1) is 13.8 Å². The second kappa shape index (κ2) is 11.5. The maximum absolute atomic E-state index is 12.7. The zero-order chi connectivity index (χ0) is 25.8. The molecule has 1 atom stereocenters. The van der Waals surface area contributed by atoms with E-state index in [0.29, 0.717) is 50.8 Å². The molecular weight excluding hydrogens is 470 g/mol. The van der Waals surface area contributed by atoms with Crippen LogP contribution in [0.4, 0.5) is 5.69 Å². The number of rotatable bonds is 11. The first-order valence-corrected chi connectivity index (χ1v) is 13.0. The number of aliphatic hydroxyl groups excluding tert-OH is 1. The Morgan fingerprint density at radius 1 is 1.27 bits per heavy atom. The van der Waals surface area contributed by atoms with E-state index in [9.17, 15) is 9.90 Å². The summed E-state index contributed by atoms with van der Waals surface area (Å²) in [6, 6.07) is 12.0. The normalized spacial score (nSPS) is 16.6. The van der Waals surface area contributed by atoms with Crippen LogP contribution in [0.15, 0.2) is 47.2 Å². The van der Waals surface area contributed by atoms with Gasteiger partial charge < -0.3 is 24.3 Å². The number of benzene rings is 2. The Balaban J connectivity index is 1.10. The summed E-state index contributed by atoms with van der Waals surface area (Å²) in [5, 5.41) is 14.1. The average Bonchev–Trinajstić information content (AvgIpc) is 3.29. The number of aromatic nitrogens is 1. The molecule has 8 nitrogen and oxygen atoms in total. The molecule has 0 unspecified atom stereocenters. The maximum atomic E-state index is 12.7. The molecular formula is C29H35N3O5. The molecule has 0 aliphatic carbocycles. The lowest BCUT2D eigenvalue weighted by atomic mass is 9.94. The highest BCUT2D eigenvalue weighted by atomic mass is 16.5. The fourth-order valence-electron chi connectivity index (χ4n) is 4.97. The van der Waals surface area contributed by atoms with Gasteiger partial charge in [0.2, 0.25) is 0 Å². The Hall–Kier alpha value is -3.20. The Morgan fingerprint density at radius 3 is 2.89 bits per heavy atom. The summed E-state index contributed by atoms with van der Waals surface area (Å²) in [7, 11) is 0. The number of aliphatic hydroxyl groups is 1. The molecule has 0 bridgehead atoms. The van der Waals surface area contributed by atoms with E-state index >= 15 is 0 Å². The first-order valence-electron chi connectivity index (χ1n) is 13.0. The average molecular weight is 506 g/mol. The number of fused-ring (bicyclic) bond motifs is 1. The van der Waals surface area contributed by atoms with E-state index in [4.69, 9.17) is 13.9 Å². The van der Waals surface area contributed by atoms with E-state index in [1.54, 1.807) is 0 Å². The third-order valence-corrected chi connectivity index (χ3v) is 7.29. The number of β-amino-alcohol motifs (C(OH)–C–C–N with tert-alkyl or cyclic N) is 1. The smallest absolute Gasteiger partial charge is 0.181 e. The molecule has 1 aromatic heterocycles. The van der Waals surface area contributed by atoms with Gasteiger partial charge in [-0.15, -0.1) is 0 Å². The molecule has 196 valence electrons. The lowest BCUT2D eigenvalue weighted by molar-refractivity contribution is 0.0211. The number of hydrogen-bond donors (Lipinski definition) is 2. The number of ketones is 1. The molecule has 2 aromatic carbocycles. The Labute approximate surface area is 217 Å². The fourth-order valence-corrected chi connectivity index (χ4v) is 4.97. The van der Waals surface area contributed by atoms with E-state index in [2.05, 4.69) is 28.2 Å². The van der Waals surface area contributed by atoms with Gasteiger partial charge in [-0.2, -0.15) is 0 Å². The molecule has 0 saturated carbocycles. The molecule has 8 heteroatoms. The zero-order valence-corrected chi connectivity index (χ0v) is 21.5. The number of oxazole rings is 1. The number of Topliss-reactive ketones (excluding diaryl/α,β-unsaturated/α-hetero) is 1. The number of nitrogens with one attached hydrogen (secondary N) is 1. The third kappa shape index (κ3) is 6.21. The molecule has 1 saturated heterocycles. The molecule has 0 spiro atoms. The first-order chi connectivity index (χ1) is 18.0. The second-order valence-corrected chi connectivity index (χ2v) is 10.0. The molecule has 2 N–H and O–H groups in total. The summed E-state index contributed by atoms with van der Waals surface area (Å²) >= 11 is 0. The van der Waals surface area contributed by atoms with Crippen LogP contribution in [0.1, 0.15) is 51.3 Å². The van der Waals surface area contributed by atoms with Gasteiger partial charge in [0.1, 0.15) is 12.4 Å². The van der Waals surface area contributed by atoms with E-state index in [1.807, 2.05) is 37.3 Å². The van der Waals surface area contributed by atoms with E-state index in [-0.39, 0.29) is 5.78 Å². The van der Waals surface area contributed by atoms with Crippen LogP contribution >= 0.6 is 0 Å². The largest absolute Gasteiger partial charge is 0.485 e. The quantitative estimate of drug-likeness (QED) is 0.377. The number of anilines is 1. The number of aryl methyl sites for hydroxylation is 1. The van der Waals surface area contributed by atoms with E-state index in [0.717, 1.165) is 48.0 Å². The highest BCUT2D eigenvalue weighted by molar-refractivity contribution is 5.96. The first kappa shape index (κ1) is 25.4. The van der Waals surface area contributed by atoms with Crippen molar-refractivity contribution in [1.29, 1.82) is 0 Å². The van der Waals surface area contributed by atoms with Crippen molar-refractivity contribution in [2.75, 3.05) is 31.6 Å². The van der Waals surface area contributed by atoms with E-state index < -0.39 is 6.10 Å². The monoisotopic (exact) mass is 505 g/mol. The van der Waals surface area contributed by atoms with Gasteiger partial charge in [-0.05, 0) is 61.6 Å². The second-order valence-electron chi connectivity index (χ2n) is 10.0. The fraction of sp³-hybridized carbons (Fsp3) is 0.448. The Kier molecular flexibility index (Phi) is 7.88. The van der Waals surface area contributed by atoms with Crippen LogP contribution < -0.4 is 10.1 Å². The number of nitrogens with zero attached hydrogens (tertiary/aromatic N) is 2. The van der Waals surface area contributed by atoms with Crippen molar-refractivity contribution in [2.24, 2.45) is 0 Å². The predicted molar refractivity (Wildman–Crippen MR) is 140 cm³/mol. The van der Waals surface area contributed by atoms with Crippen LogP contribution in [0.3, 0.4) is 0 Å². The van der Waals surface area contributed by atoms with Gasteiger partial charge in [0.15, 0.2) is 17.9 Å². The highest BCUT2D eigenvalue weighted by Gasteiger charge is 2.23. The van der Waals surface area contributed by atoms with Crippen LogP contribution in [0.5, 0.6) is 5.75 Å². The SMILES string of the molecule is Cc1ncoc1COc1ccc2c(c1C)CCN(C[C@@H](O)CCC(=O)c1cccc(NC3COC3)c1)C2. The molecule has 37 heavy (non-hydrogen) atoms. The minimum absolute atomic E-state index is 0.0558.